The molecule has 14 heavy (non-hydrogen) atoms. The highest BCUT2D eigenvalue weighted by Crippen LogP contribution is 2.24. The monoisotopic (exact) mass is 257 g/mol. The maximum atomic E-state index is 5.84. The molecule has 1 aromatic rings. The summed E-state index contributed by atoms with van der Waals surface area (Å²) >= 11 is 3.45. The summed E-state index contributed by atoms with van der Waals surface area (Å²) in [5, 5.41) is 0. The van der Waals surface area contributed by atoms with Crippen LogP contribution in [0.1, 0.15) is 26.3 Å². The van der Waals surface area contributed by atoms with Gasteiger partial charge in [0.05, 0.1) is 12.2 Å². The first-order valence-corrected chi connectivity index (χ1v) is 5.36. The van der Waals surface area contributed by atoms with Crippen molar-refractivity contribution in [3.8, 4) is 0 Å². The fraction of sp³-hybridized carbons (Fsp3) is 0.455. The van der Waals surface area contributed by atoms with Gasteiger partial charge in [0, 0.05) is 15.7 Å². The molecule has 0 aromatic heterocycles. The zero-order chi connectivity index (χ0) is 10.8. The van der Waals surface area contributed by atoms with E-state index in [4.69, 9.17) is 10.5 Å². The van der Waals surface area contributed by atoms with Gasteiger partial charge in [0.15, 0.2) is 0 Å². The highest BCUT2D eigenvalue weighted by molar-refractivity contribution is 9.10. The average Bonchev–Trinajstić information content (AvgIpc) is 2.01. The summed E-state index contributed by atoms with van der Waals surface area (Å²) in [6, 6.07) is 5.77. The van der Waals surface area contributed by atoms with Gasteiger partial charge in [-0.15, -0.1) is 0 Å². The minimum absolute atomic E-state index is 0.137. The number of halogens is 1. The van der Waals surface area contributed by atoms with Crippen molar-refractivity contribution < 1.29 is 4.74 Å². The topological polar surface area (TPSA) is 35.2 Å². The summed E-state index contributed by atoms with van der Waals surface area (Å²) in [4.78, 5) is 0. The molecular weight excluding hydrogens is 242 g/mol. The molecule has 0 aliphatic rings. The molecule has 0 radical (unpaired) electrons. The maximum Gasteiger partial charge on any atom is 0.0755 e. The molecule has 2 N–H and O–H groups in total. The van der Waals surface area contributed by atoms with Crippen LogP contribution in [0.3, 0.4) is 0 Å². The number of rotatable bonds is 2. The molecule has 0 saturated carbocycles. The molecule has 0 aliphatic heterocycles. The van der Waals surface area contributed by atoms with E-state index >= 15 is 0 Å². The minimum Gasteiger partial charge on any atom is -0.398 e. The summed E-state index contributed by atoms with van der Waals surface area (Å²) < 4.78 is 6.67. The molecule has 0 saturated heterocycles. The lowest BCUT2D eigenvalue weighted by molar-refractivity contribution is -0.0149. The van der Waals surface area contributed by atoms with Crippen LogP contribution in [0.15, 0.2) is 22.7 Å². The van der Waals surface area contributed by atoms with Crippen molar-refractivity contribution in [2.24, 2.45) is 0 Å². The minimum atomic E-state index is -0.137. The van der Waals surface area contributed by atoms with Crippen molar-refractivity contribution >= 4 is 21.6 Å². The van der Waals surface area contributed by atoms with Gasteiger partial charge in [-0.2, -0.15) is 0 Å². The lowest BCUT2D eigenvalue weighted by atomic mass is 10.1. The Hall–Kier alpha value is -0.540. The summed E-state index contributed by atoms with van der Waals surface area (Å²) in [5.41, 5.74) is 7.49. The van der Waals surface area contributed by atoms with Gasteiger partial charge in [0.25, 0.3) is 0 Å². The third kappa shape index (κ3) is 3.31. The quantitative estimate of drug-likeness (QED) is 0.825. The van der Waals surface area contributed by atoms with E-state index in [1.807, 2.05) is 39.0 Å². The largest absolute Gasteiger partial charge is 0.398 e. The molecular formula is C11H16BrNO. The van der Waals surface area contributed by atoms with E-state index in [9.17, 15) is 0 Å². The van der Waals surface area contributed by atoms with E-state index in [1.54, 1.807) is 0 Å². The van der Waals surface area contributed by atoms with Gasteiger partial charge in [-0.3, -0.25) is 0 Å². The molecule has 0 spiro atoms. The maximum absolute atomic E-state index is 5.84. The normalized spacial score (nSPS) is 11.7. The van der Waals surface area contributed by atoms with E-state index < -0.39 is 0 Å². The van der Waals surface area contributed by atoms with Crippen LogP contribution in [0.2, 0.25) is 0 Å². The van der Waals surface area contributed by atoms with Crippen LogP contribution in [0.25, 0.3) is 0 Å². The number of hydrogen-bond acceptors (Lipinski definition) is 2. The van der Waals surface area contributed by atoms with Crippen molar-refractivity contribution in [3.63, 3.8) is 0 Å². The number of hydrogen-bond donors (Lipinski definition) is 1. The third-order valence-corrected chi connectivity index (χ3v) is 2.55. The summed E-state index contributed by atoms with van der Waals surface area (Å²) in [6.45, 7) is 6.62. The van der Waals surface area contributed by atoms with Crippen LogP contribution < -0.4 is 5.73 Å². The van der Waals surface area contributed by atoms with Gasteiger partial charge < -0.3 is 10.5 Å². The van der Waals surface area contributed by atoms with Crippen molar-refractivity contribution in [3.05, 3.63) is 28.2 Å². The first kappa shape index (κ1) is 11.5. The van der Waals surface area contributed by atoms with Crippen LogP contribution in [0, 0.1) is 0 Å². The van der Waals surface area contributed by atoms with Gasteiger partial charge in [-0.1, -0.05) is 22.0 Å². The van der Waals surface area contributed by atoms with E-state index in [1.165, 1.54) is 0 Å². The predicted octanol–water partition coefficient (Wildman–Crippen LogP) is 3.35. The van der Waals surface area contributed by atoms with E-state index in [0.717, 1.165) is 15.7 Å². The molecule has 78 valence electrons. The molecule has 3 heteroatoms. The highest BCUT2D eigenvalue weighted by atomic mass is 79.9. The Labute approximate surface area is 93.6 Å². The second-order valence-corrected chi connectivity index (χ2v) is 5.06. The van der Waals surface area contributed by atoms with E-state index in [2.05, 4.69) is 15.9 Å². The molecule has 1 rings (SSSR count). The zero-order valence-corrected chi connectivity index (χ0v) is 10.4. The van der Waals surface area contributed by atoms with E-state index in [0.29, 0.717) is 6.61 Å². The van der Waals surface area contributed by atoms with Crippen molar-refractivity contribution in [1.29, 1.82) is 0 Å². The summed E-state index contributed by atoms with van der Waals surface area (Å²) in [6.07, 6.45) is 0. The Kier molecular flexibility index (Phi) is 3.56. The van der Waals surface area contributed by atoms with Gasteiger partial charge in [0.2, 0.25) is 0 Å². The predicted molar refractivity (Wildman–Crippen MR) is 63.1 cm³/mol. The smallest absolute Gasteiger partial charge is 0.0755 e. The number of anilines is 1. The van der Waals surface area contributed by atoms with Crippen molar-refractivity contribution in [1.82, 2.24) is 0 Å². The number of nitrogen functional groups attached to an aromatic ring is 1. The molecule has 0 aliphatic carbocycles. The van der Waals surface area contributed by atoms with Gasteiger partial charge in [0.1, 0.15) is 0 Å². The SMILES string of the molecule is CC(C)(C)OCc1c(N)cccc1Br. The second kappa shape index (κ2) is 4.32. The Morgan fingerprint density at radius 2 is 2.00 bits per heavy atom. The second-order valence-electron chi connectivity index (χ2n) is 4.21. The Bertz CT molecular complexity index is 297. The third-order valence-electron chi connectivity index (χ3n) is 1.80. The number of ether oxygens (including phenoxy) is 1. The Morgan fingerprint density at radius 3 is 2.50 bits per heavy atom. The molecule has 2 nitrogen and oxygen atoms in total. The molecule has 0 amide bonds. The molecule has 0 unspecified atom stereocenters. The van der Waals surface area contributed by atoms with Crippen LogP contribution >= 0.6 is 15.9 Å². The Balaban J connectivity index is 2.77. The molecule has 0 bridgehead atoms. The molecule has 0 atom stereocenters. The number of nitrogens with two attached hydrogens (primary N) is 1. The van der Waals surface area contributed by atoms with Crippen LogP contribution in [-0.2, 0) is 11.3 Å². The summed E-state index contributed by atoms with van der Waals surface area (Å²) in [5.74, 6) is 0. The van der Waals surface area contributed by atoms with Crippen LogP contribution in [0.4, 0.5) is 5.69 Å². The zero-order valence-electron chi connectivity index (χ0n) is 8.80. The number of benzene rings is 1. The average molecular weight is 258 g/mol. The summed E-state index contributed by atoms with van der Waals surface area (Å²) in [7, 11) is 0. The van der Waals surface area contributed by atoms with Crippen LogP contribution in [0.5, 0.6) is 0 Å². The fourth-order valence-corrected chi connectivity index (χ4v) is 1.51. The lowest BCUT2D eigenvalue weighted by Gasteiger charge is -2.20. The van der Waals surface area contributed by atoms with Crippen LogP contribution in [-0.4, -0.2) is 5.60 Å². The molecule has 1 aromatic carbocycles. The highest BCUT2D eigenvalue weighted by Gasteiger charge is 2.12. The molecule has 0 fully saturated rings. The standard InChI is InChI=1S/C11H16BrNO/c1-11(2,3)14-7-8-9(12)5-4-6-10(8)13/h4-6H,7,13H2,1-3H3. The van der Waals surface area contributed by atoms with Gasteiger partial charge in [-0.05, 0) is 32.9 Å². The first-order chi connectivity index (χ1) is 6.40. The fourth-order valence-electron chi connectivity index (χ4n) is 1.02. The Morgan fingerprint density at radius 1 is 1.36 bits per heavy atom. The molecule has 0 heterocycles. The van der Waals surface area contributed by atoms with Crippen molar-refractivity contribution in [2.45, 2.75) is 33.0 Å². The first-order valence-electron chi connectivity index (χ1n) is 4.57. The lowest BCUT2D eigenvalue weighted by Crippen LogP contribution is -2.19. The van der Waals surface area contributed by atoms with E-state index in [-0.39, 0.29) is 5.60 Å². The van der Waals surface area contributed by atoms with Crippen molar-refractivity contribution in [2.75, 3.05) is 5.73 Å². The van der Waals surface area contributed by atoms with Gasteiger partial charge in [-0.25, -0.2) is 0 Å². The van der Waals surface area contributed by atoms with Gasteiger partial charge >= 0.3 is 0 Å².